The van der Waals surface area contributed by atoms with Gasteiger partial charge >= 0.3 is 57.6 Å². The molecular weight excluding hydrogens is 394 g/mol. The zero-order chi connectivity index (χ0) is 18.0. The molecular formula is C16H15F3KN3O2S. The number of H-pyrrole nitrogens is 1. The summed E-state index contributed by atoms with van der Waals surface area (Å²) in [6.07, 6.45) is -3.09. The zero-order valence-electron chi connectivity index (χ0n) is 15.1. The van der Waals surface area contributed by atoms with Crippen molar-refractivity contribution < 1.29 is 74.9 Å². The van der Waals surface area contributed by atoms with Crippen LogP contribution >= 0.6 is 0 Å². The largest absolute Gasteiger partial charge is 1.00 e. The Balaban J connectivity index is 0.00000182. The molecule has 0 aliphatic rings. The number of rotatable bonds is 5. The van der Waals surface area contributed by atoms with E-state index in [9.17, 15) is 17.4 Å². The van der Waals surface area contributed by atoms with Gasteiger partial charge in [-0.15, -0.1) is 0 Å². The minimum Gasteiger partial charge on any atom is -1.00 e. The number of pyridine rings is 1. The number of hydrogen-bond donors (Lipinski definition) is 1. The van der Waals surface area contributed by atoms with E-state index in [-0.39, 0.29) is 64.3 Å². The van der Waals surface area contributed by atoms with Crippen molar-refractivity contribution in [3.05, 3.63) is 47.8 Å². The molecule has 3 aromatic rings. The van der Waals surface area contributed by atoms with Crippen molar-refractivity contribution in [1.82, 2.24) is 15.0 Å². The summed E-state index contributed by atoms with van der Waals surface area (Å²) in [7, 11) is -1.51. The molecule has 0 aliphatic heterocycles. The number of hydrogen-bond acceptors (Lipinski definition) is 4. The molecule has 0 spiro atoms. The Kier molecular flexibility index (Phi) is 7.40. The first-order chi connectivity index (χ1) is 11.8. The van der Waals surface area contributed by atoms with E-state index in [0.717, 1.165) is 5.52 Å². The van der Waals surface area contributed by atoms with E-state index >= 15 is 0 Å². The quantitative estimate of drug-likeness (QED) is 0.628. The van der Waals surface area contributed by atoms with E-state index in [1.165, 1.54) is 12.3 Å². The fourth-order valence-electron chi connectivity index (χ4n) is 2.25. The van der Waals surface area contributed by atoms with Gasteiger partial charge in [-0.2, -0.15) is 13.2 Å². The molecule has 0 bridgehead atoms. The number of imidazole rings is 1. The monoisotopic (exact) mass is 409 g/mol. The molecule has 1 aromatic carbocycles. The summed E-state index contributed by atoms with van der Waals surface area (Å²) in [4.78, 5) is 11.3. The van der Waals surface area contributed by atoms with Crippen molar-refractivity contribution in [2.75, 3.05) is 6.61 Å². The number of benzene rings is 1. The van der Waals surface area contributed by atoms with E-state index in [4.69, 9.17) is 4.74 Å². The first-order valence-electron chi connectivity index (χ1n) is 7.30. The van der Waals surface area contributed by atoms with Gasteiger partial charge in [-0.1, -0.05) is 12.1 Å². The van der Waals surface area contributed by atoms with Gasteiger partial charge in [-0.25, -0.2) is 4.98 Å². The van der Waals surface area contributed by atoms with Crippen molar-refractivity contribution in [1.29, 1.82) is 0 Å². The predicted octanol–water partition coefficient (Wildman–Crippen LogP) is 0.632. The molecule has 0 radical (unpaired) electrons. The Hall–Kier alpha value is -0.784. The third-order valence-electron chi connectivity index (χ3n) is 3.50. The van der Waals surface area contributed by atoms with Crippen LogP contribution in [0.15, 0.2) is 41.7 Å². The van der Waals surface area contributed by atoms with Gasteiger partial charge in [0.2, 0.25) is 0 Å². The van der Waals surface area contributed by atoms with E-state index in [2.05, 4.69) is 15.0 Å². The molecule has 0 amide bonds. The van der Waals surface area contributed by atoms with Crippen LogP contribution in [-0.4, -0.2) is 31.9 Å². The number of fused-ring (bicyclic) bond motifs is 1. The maximum absolute atomic E-state index is 12.5. The Morgan fingerprint density at radius 2 is 2.00 bits per heavy atom. The second-order valence-electron chi connectivity index (χ2n) is 5.33. The van der Waals surface area contributed by atoms with Crippen LogP contribution in [0.2, 0.25) is 0 Å². The molecule has 0 fully saturated rings. The maximum Gasteiger partial charge on any atom is 1.00 e. The van der Waals surface area contributed by atoms with Gasteiger partial charge in [-0.3, -0.25) is 9.19 Å². The molecule has 2 aromatic heterocycles. The van der Waals surface area contributed by atoms with Crippen LogP contribution < -0.4 is 56.1 Å². The number of nitrogens with one attached hydrogen (secondary N) is 1. The molecule has 0 aliphatic carbocycles. The number of alkyl halides is 3. The summed E-state index contributed by atoms with van der Waals surface area (Å²) >= 11 is 0. The second kappa shape index (κ2) is 8.94. The normalized spacial score (nSPS) is 12.6. The first-order valence-corrected chi connectivity index (χ1v) is 8.62. The number of halogens is 3. The minimum absolute atomic E-state index is 0. The smallest absolute Gasteiger partial charge is 1.00 e. The minimum atomic E-state index is -4.42. The molecule has 3 rings (SSSR count). The standard InChI is InChI=1S/C16H14F3N3O2S.K.H/c1-10-13(20-7-6-14(10)24-9-16(17,18)19)8-25(23)15-21-11-4-2-3-5-12(11)22-15;;/h2-7H,8-9H2,1H3,(H,21,22);;/q;+1;-1. The summed E-state index contributed by atoms with van der Waals surface area (Å²) in [5, 5.41) is 0.295. The molecule has 0 saturated carbocycles. The predicted molar refractivity (Wildman–Crippen MR) is 87.8 cm³/mol. The van der Waals surface area contributed by atoms with E-state index in [1.807, 2.05) is 18.2 Å². The summed E-state index contributed by atoms with van der Waals surface area (Å²) in [6.45, 7) is 0.202. The van der Waals surface area contributed by atoms with Crippen molar-refractivity contribution in [3.8, 4) is 5.75 Å². The number of para-hydroxylation sites is 2. The Bertz CT molecular complexity index is 904. The summed E-state index contributed by atoms with van der Waals surface area (Å²) in [5.41, 5.74) is 2.28. The fourth-order valence-corrected chi connectivity index (χ4v) is 3.35. The van der Waals surface area contributed by atoms with E-state index < -0.39 is 23.6 Å². The van der Waals surface area contributed by atoms with E-state index in [1.54, 1.807) is 13.0 Å². The van der Waals surface area contributed by atoms with Gasteiger partial charge in [-0.05, 0) is 25.1 Å². The van der Waals surface area contributed by atoms with Gasteiger partial charge in [0.25, 0.3) is 0 Å². The maximum atomic E-state index is 12.5. The van der Waals surface area contributed by atoms with Crippen LogP contribution in [0, 0.1) is 6.92 Å². The molecule has 10 heteroatoms. The van der Waals surface area contributed by atoms with Crippen LogP contribution in [-0.2, 0) is 16.6 Å². The van der Waals surface area contributed by atoms with Crippen molar-refractivity contribution in [2.45, 2.75) is 24.0 Å². The zero-order valence-corrected chi connectivity index (χ0v) is 18.1. The number of ether oxygens (including phenoxy) is 1. The Morgan fingerprint density at radius 3 is 2.69 bits per heavy atom. The number of nitrogens with zero attached hydrogens (tertiary/aromatic N) is 2. The SMILES string of the molecule is Cc1c(OCC(F)(F)F)ccnc1CS(=O)c1nc2ccccc2[nH]1.[H-].[K+]. The Labute approximate surface area is 194 Å². The number of aromatic nitrogens is 3. The van der Waals surface area contributed by atoms with Crippen LogP contribution in [0.5, 0.6) is 5.75 Å². The summed E-state index contributed by atoms with van der Waals surface area (Å²) < 4.78 is 54.2. The summed E-state index contributed by atoms with van der Waals surface area (Å²) in [5.74, 6) is 0.0958. The molecule has 5 nitrogen and oxygen atoms in total. The third kappa shape index (κ3) is 5.36. The molecule has 26 heavy (non-hydrogen) atoms. The van der Waals surface area contributed by atoms with Crippen molar-refractivity contribution >= 4 is 21.8 Å². The van der Waals surface area contributed by atoms with Crippen molar-refractivity contribution in [3.63, 3.8) is 0 Å². The van der Waals surface area contributed by atoms with Gasteiger partial charge in [0.1, 0.15) is 5.75 Å². The molecule has 1 unspecified atom stereocenters. The van der Waals surface area contributed by atoms with Crippen LogP contribution in [0.3, 0.4) is 0 Å². The van der Waals surface area contributed by atoms with Gasteiger partial charge in [0, 0.05) is 11.8 Å². The molecule has 0 saturated heterocycles. The molecule has 134 valence electrons. The summed E-state index contributed by atoms with van der Waals surface area (Å²) in [6, 6.07) is 8.62. The van der Waals surface area contributed by atoms with Gasteiger partial charge in [0.15, 0.2) is 11.8 Å². The third-order valence-corrected chi connectivity index (χ3v) is 4.66. The fraction of sp³-hybridized carbons (Fsp3) is 0.250. The van der Waals surface area contributed by atoms with Crippen molar-refractivity contribution in [2.24, 2.45) is 0 Å². The molecule has 1 N–H and O–H groups in total. The second-order valence-corrected chi connectivity index (χ2v) is 6.70. The van der Waals surface area contributed by atoms with Crippen LogP contribution in [0.1, 0.15) is 12.7 Å². The van der Waals surface area contributed by atoms with Crippen LogP contribution in [0.4, 0.5) is 13.2 Å². The molecule has 1 atom stereocenters. The average molecular weight is 409 g/mol. The van der Waals surface area contributed by atoms with Crippen LogP contribution in [0.25, 0.3) is 11.0 Å². The Morgan fingerprint density at radius 1 is 1.27 bits per heavy atom. The van der Waals surface area contributed by atoms with E-state index in [0.29, 0.717) is 21.9 Å². The number of aromatic amines is 1. The van der Waals surface area contributed by atoms with Gasteiger partial charge in [0.05, 0.1) is 33.3 Å². The average Bonchev–Trinajstić information content (AvgIpc) is 2.99. The molecule has 2 heterocycles. The topological polar surface area (TPSA) is 67.9 Å². The van der Waals surface area contributed by atoms with Gasteiger partial charge < -0.3 is 11.1 Å². The first kappa shape index (κ1) is 21.5.